The van der Waals surface area contributed by atoms with E-state index in [4.69, 9.17) is 11.6 Å². The van der Waals surface area contributed by atoms with Crippen LogP contribution in [0.5, 0.6) is 0 Å². The molecule has 0 saturated carbocycles. The number of benzene rings is 1. The third-order valence-corrected chi connectivity index (χ3v) is 3.78. The highest BCUT2D eigenvalue weighted by molar-refractivity contribution is 6.30. The number of hydrogen-bond donors (Lipinski definition) is 1. The summed E-state index contributed by atoms with van der Waals surface area (Å²) >= 11 is 5.80. The van der Waals surface area contributed by atoms with Crippen molar-refractivity contribution in [1.82, 2.24) is 9.88 Å². The average Bonchev–Trinajstić information content (AvgIpc) is 2.66. The van der Waals surface area contributed by atoms with Crippen LogP contribution in [0.2, 0.25) is 5.02 Å². The highest BCUT2D eigenvalue weighted by Gasteiger charge is 2.41. The van der Waals surface area contributed by atoms with E-state index in [2.05, 4.69) is 5.32 Å². The van der Waals surface area contributed by atoms with Crippen LogP contribution >= 0.6 is 11.6 Å². The van der Waals surface area contributed by atoms with Crippen LogP contribution in [0.4, 0.5) is 8.78 Å². The SMILES string of the molecule is CC1(c2cc(F)cc(F)c2)NC(=O)c2ccc(Cl)c(=O)n21. The van der Waals surface area contributed by atoms with Gasteiger partial charge in [-0.1, -0.05) is 11.6 Å². The molecule has 7 heteroatoms. The van der Waals surface area contributed by atoms with Gasteiger partial charge in [0.05, 0.1) is 0 Å². The largest absolute Gasteiger partial charge is 0.324 e. The van der Waals surface area contributed by atoms with Gasteiger partial charge in [-0.15, -0.1) is 0 Å². The number of carbonyl (C=O) groups excluding carboxylic acids is 1. The van der Waals surface area contributed by atoms with E-state index in [-0.39, 0.29) is 16.3 Å². The zero-order valence-electron chi connectivity index (χ0n) is 10.8. The Kier molecular flexibility index (Phi) is 2.88. The van der Waals surface area contributed by atoms with Gasteiger partial charge in [-0.2, -0.15) is 0 Å². The second-order valence-electron chi connectivity index (χ2n) is 4.89. The molecule has 1 N–H and O–H groups in total. The van der Waals surface area contributed by atoms with E-state index >= 15 is 0 Å². The predicted molar refractivity (Wildman–Crippen MR) is 72.3 cm³/mol. The summed E-state index contributed by atoms with van der Waals surface area (Å²) in [6.45, 7) is 1.48. The third-order valence-electron chi connectivity index (χ3n) is 3.50. The summed E-state index contributed by atoms with van der Waals surface area (Å²) in [6.07, 6.45) is 0. The lowest BCUT2D eigenvalue weighted by Gasteiger charge is -2.27. The molecule has 1 amide bonds. The van der Waals surface area contributed by atoms with Gasteiger partial charge in [0.25, 0.3) is 11.5 Å². The molecule has 1 aliphatic rings. The molecular formula is C14H9ClF2N2O2. The Morgan fingerprint density at radius 3 is 2.38 bits per heavy atom. The van der Waals surface area contributed by atoms with Gasteiger partial charge in [0.1, 0.15) is 28.0 Å². The predicted octanol–water partition coefficient (Wildman–Crippen LogP) is 2.24. The molecule has 0 radical (unpaired) electrons. The molecule has 0 saturated heterocycles. The lowest BCUT2D eigenvalue weighted by Crippen LogP contribution is -2.45. The van der Waals surface area contributed by atoms with Crippen molar-refractivity contribution in [3.63, 3.8) is 0 Å². The van der Waals surface area contributed by atoms with Crippen LogP contribution in [0.25, 0.3) is 0 Å². The Hall–Kier alpha value is -2.21. The molecule has 0 aliphatic carbocycles. The number of aromatic nitrogens is 1. The topological polar surface area (TPSA) is 51.1 Å². The number of nitrogens with zero attached hydrogens (tertiary/aromatic N) is 1. The maximum Gasteiger partial charge on any atom is 0.272 e. The van der Waals surface area contributed by atoms with Crippen molar-refractivity contribution in [3.05, 3.63) is 68.6 Å². The fourth-order valence-electron chi connectivity index (χ4n) is 2.51. The fraction of sp³-hybridized carbons (Fsp3) is 0.143. The number of carbonyl (C=O) groups is 1. The Balaban J connectivity index is 2.33. The Labute approximate surface area is 123 Å². The Bertz CT molecular complexity index is 814. The molecule has 1 atom stereocenters. The molecule has 2 heterocycles. The molecule has 4 nitrogen and oxygen atoms in total. The second kappa shape index (κ2) is 4.39. The molecule has 1 aromatic heterocycles. The van der Waals surface area contributed by atoms with E-state index in [1.165, 1.54) is 19.1 Å². The van der Waals surface area contributed by atoms with Crippen molar-refractivity contribution in [3.8, 4) is 0 Å². The molecule has 1 aliphatic heterocycles. The first-order valence-corrected chi connectivity index (χ1v) is 6.42. The zero-order chi connectivity index (χ0) is 15.4. The number of pyridine rings is 1. The van der Waals surface area contributed by atoms with Gasteiger partial charge in [-0.25, -0.2) is 8.78 Å². The summed E-state index contributed by atoms with van der Waals surface area (Å²) in [4.78, 5) is 24.2. The standard InChI is InChI=1S/C14H9ClF2N2O2/c1-14(7-4-8(16)6-9(17)5-7)18-12(20)11-3-2-10(15)13(21)19(11)14/h2-6H,1H3,(H,18,20). The van der Waals surface area contributed by atoms with Gasteiger partial charge in [0.15, 0.2) is 0 Å². The third kappa shape index (κ3) is 1.94. The highest BCUT2D eigenvalue weighted by atomic mass is 35.5. The van der Waals surface area contributed by atoms with Crippen LogP contribution in [0.15, 0.2) is 35.1 Å². The van der Waals surface area contributed by atoms with Gasteiger partial charge < -0.3 is 5.32 Å². The van der Waals surface area contributed by atoms with Gasteiger partial charge in [-0.3, -0.25) is 14.2 Å². The van der Waals surface area contributed by atoms with Crippen molar-refractivity contribution in [1.29, 1.82) is 0 Å². The van der Waals surface area contributed by atoms with Crippen LogP contribution in [-0.4, -0.2) is 10.5 Å². The number of rotatable bonds is 1. The van der Waals surface area contributed by atoms with E-state index in [0.29, 0.717) is 6.07 Å². The first-order valence-electron chi connectivity index (χ1n) is 6.04. The summed E-state index contributed by atoms with van der Waals surface area (Å²) < 4.78 is 28.0. The van der Waals surface area contributed by atoms with E-state index in [1.54, 1.807) is 0 Å². The molecule has 0 spiro atoms. The second-order valence-corrected chi connectivity index (χ2v) is 5.30. The van der Waals surface area contributed by atoms with Gasteiger partial charge in [-0.05, 0) is 31.2 Å². The van der Waals surface area contributed by atoms with Crippen molar-refractivity contribution >= 4 is 17.5 Å². The number of fused-ring (bicyclic) bond motifs is 1. The van der Waals surface area contributed by atoms with E-state index in [9.17, 15) is 18.4 Å². The van der Waals surface area contributed by atoms with Gasteiger partial charge >= 0.3 is 0 Å². The Morgan fingerprint density at radius 2 is 1.76 bits per heavy atom. The monoisotopic (exact) mass is 310 g/mol. The summed E-state index contributed by atoms with van der Waals surface area (Å²) in [5, 5.41) is 2.48. The number of amides is 1. The average molecular weight is 311 g/mol. The minimum atomic E-state index is -1.41. The lowest BCUT2D eigenvalue weighted by atomic mass is 10.0. The fourth-order valence-corrected chi connectivity index (χ4v) is 2.66. The van der Waals surface area contributed by atoms with Crippen LogP contribution in [0, 0.1) is 11.6 Å². The lowest BCUT2D eigenvalue weighted by molar-refractivity contribution is 0.0941. The van der Waals surface area contributed by atoms with Crippen molar-refractivity contribution in [2.75, 3.05) is 0 Å². The molecule has 3 rings (SSSR count). The summed E-state index contributed by atoms with van der Waals surface area (Å²) in [7, 11) is 0. The molecule has 0 fully saturated rings. The van der Waals surface area contributed by atoms with Crippen molar-refractivity contribution < 1.29 is 13.6 Å². The zero-order valence-corrected chi connectivity index (χ0v) is 11.5. The number of nitrogens with one attached hydrogen (secondary N) is 1. The first-order chi connectivity index (χ1) is 9.83. The van der Waals surface area contributed by atoms with Crippen LogP contribution in [0.1, 0.15) is 23.0 Å². The molecule has 1 aromatic carbocycles. The molecule has 1 unspecified atom stereocenters. The highest BCUT2D eigenvalue weighted by Crippen LogP contribution is 2.30. The van der Waals surface area contributed by atoms with E-state index in [0.717, 1.165) is 16.7 Å². The smallest absolute Gasteiger partial charge is 0.272 e. The first kappa shape index (κ1) is 13.8. The summed E-state index contributed by atoms with van der Waals surface area (Å²) in [5.74, 6) is -2.12. The molecule has 108 valence electrons. The number of halogens is 3. The van der Waals surface area contributed by atoms with Crippen LogP contribution in [-0.2, 0) is 5.66 Å². The maximum absolute atomic E-state index is 13.4. The Morgan fingerprint density at radius 1 is 1.14 bits per heavy atom. The summed E-state index contributed by atoms with van der Waals surface area (Å²) in [6, 6.07) is 5.54. The van der Waals surface area contributed by atoms with E-state index in [1.807, 2.05) is 0 Å². The van der Waals surface area contributed by atoms with Crippen LogP contribution < -0.4 is 10.9 Å². The van der Waals surface area contributed by atoms with Gasteiger partial charge in [0, 0.05) is 11.6 Å². The van der Waals surface area contributed by atoms with Crippen LogP contribution in [0.3, 0.4) is 0 Å². The molecule has 0 bridgehead atoms. The van der Waals surface area contributed by atoms with Crippen molar-refractivity contribution in [2.24, 2.45) is 0 Å². The maximum atomic E-state index is 13.4. The van der Waals surface area contributed by atoms with Gasteiger partial charge in [0.2, 0.25) is 0 Å². The molecular weight excluding hydrogens is 302 g/mol. The number of hydrogen-bond acceptors (Lipinski definition) is 2. The normalized spacial score (nSPS) is 20.3. The minimum Gasteiger partial charge on any atom is -0.324 e. The van der Waals surface area contributed by atoms with Crippen molar-refractivity contribution in [2.45, 2.75) is 12.6 Å². The molecule has 21 heavy (non-hydrogen) atoms. The van der Waals surface area contributed by atoms with E-state index < -0.39 is 28.8 Å². The minimum absolute atomic E-state index is 0.0802. The summed E-state index contributed by atoms with van der Waals surface area (Å²) in [5.41, 5.74) is -1.83. The quantitative estimate of drug-likeness (QED) is 0.878. The molecule has 2 aromatic rings.